The van der Waals surface area contributed by atoms with E-state index in [1.165, 1.54) is 75.7 Å². The lowest BCUT2D eigenvalue weighted by Crippen LogP contribution is -2.45. The Morgan fingerprint density at radius 3 is 2.70 bits per heavy atom. The Kier molecular flexibility index (Phi) is 7.03. The Balaban J connectivity index is 1.53. The number of aryl methyl sites for hydroxylation is 1. The quantitative estimate of drug-likeness (QED) is 0.638. The van der Waals surface area contributed by atoms with Gasteiger partial charge in [-0.3, -0.25) is 0 Å². The Hall–Kier alpha value is -1.28. The summed E-state index contributed by atoms with van der Waals surface area (Å²) in [5, 5.41) is 3.39. The molecule has 1 N–H and O–H groups in total. The molecule has 0 spiro atoms. The van der Waals surface area contributed by atoms with E-state index in [1.807, 2.05) is 7.05 Å². The number of allylic oxidation sites excluding steroid dienone is 1. The number of hydrogen-bond acceptors (Lipinski definition) is 2. The summed E-state index contributed by atoms with van der Waals surface area (Å²) in [7, 11) is 2.05. The van der Waals surface area contributed by atoms with Crippen molar-refractivity contribution < 1.29 is 0 Å². The molecule has 1 saturated carbocycles. The predicted molar refractivity (Wildman–Crippen MR) is 117 cm³/mol. The molecule has 2 aliphatic rings. The molecule has 2 nitrogen and oxygen atoms in total. The van der Waals surface area contributed by atoms with Gasteiger partial charge in [0.05, 0.1) is 0 Å². The monoisotopic (exact) mass is 368 g/mol. The fourth-order valence-corrected chi connectivity index (χ4v) is 5.79. The van der Waals surface area contributed by atoms with Gasteiger partial charge in [-0.05, 0) is 68.9 Å². The molecule has 1 saturated heterocycles. The van der Waals surface area contributed by atoms with E-state index >= 15 is 0 Å². The van der Waals surface area contributed by atoms with Crippen molar-refractivity contribution in [1.29, 1.82) is 0 Å². The van der Waals surface area contributed by atoms with Gasteiger partial charge in [0.1, 0.15) is 0 Å². The minimum Gasteiger partial charge on any atom is -0.391 e. The number of likely N-dealkylation sites (tertiary alicyclic amines) is 1. The van der Waals surface area contributed by atoms with Crippen molar-refractivity contribution in [2.45, 2.75) is 71.3 Å². The van der Waals surface area contributed by atoms with Gasteiger partial charge >= 0.3 is 0 Å². The van der Waals surface area contributed by atoms with Crippen LogP contribution in [0.15, 0.2) is 42.6 Å². The molecule has 4 atom stereocenters. The minimum absolute atomic E-state index is 0.335. The highest BCUT2D eigenvalue weighted by Gasteiger charge is 2.43. The van der Waals surface area contributed by atoms with E-state index in [-0.39, 0.29) is 0 Å². The first-order valence-electron chi connectivity index (χ1n) is 11.2. The van der Waals surface area contributed by atoms with E-state index in [9.17, 15) is 0 Å². The molecule has 150 valence electrons. The van der Waals surface area contributed by atoms with Gasteiger partial charge < -0.3 is 10.2 Å². The van der Waals surface area contributed by atoms with Gasteiger partial charge in [-0.2, -0.15) is 0 Å². The Bertz CT molecular complexity index is 596. The second kappa shape index (κ2) is 9.28. The zero-order valence-corrected chi connectivity index (χ0v) is 17.8. The average molecular weight is 369 g/mol. The second-order valence-corrected chi connectivity index (χ2v) is 9.20. The van der Waals surface area contributed by atoms with Crippen LogP contribution < -0.4 is 5.32 Å². The number of hydrogen-bond donors (Lipinski definition) is 1. The fourth-order valence-electron chi connectivity index (χ4n) is 5.79. The number of benzene rings is 1. The van der Waals surface area contributed by atoms with Crippen LogP contribution in [0.1, 0.15) is 64.4 Å². The predicted octanol–water partition coefficient (Wildman–Crippen LogP) is 5.65. The van der Waals surface area contributed by atoms with Crippen molar-refractivity contribution in [3.8, 4) is 0 Å². The van der Waals surface area contributed by atoms with Crippen molar-refractivity contribution in [1.82, 2.24) is 10.2 Å². The van der Waals surface area contributed by atoms with Gasteiger partial charge in [0.15, 0.2) is 0 Å². The molecule has 3 unspecified atom stereocenters. The molecule has 3 rings (SSSR count). The van der Waals surface area contributed by atoms with Crippen molar-refractivity contribution in [2.75, 3.05) is 20.1 Å². The minimum atomic E-state index is 0.335. The van der Waals surface area contributed by atoms with Crippen molar-refractivity contribution in [3.63, 3.8) is 0 Å². The number of nitrogens with zero attached hydrogens (tertiary/aromatic N) is 1. The summed E-state index contributed by atoms with van der Waals surface area (Å²) in [6, 6.07) is 11.8. The third kappa shape index (κ3) is 4.77. The lowest BCUT2D eigenvalue weighted by atomic mass is 9.78. The normalized spacial score (nSPS) is 31.7. The Morgan fingerprint density at radius 1 is 1.26 bits per heavy atom. The highest BCUT2D eigenvalue weighted by atomic mass is 15.2. The van der Waals surface area contributed by atoms with Gasteiger partial charge in [0, 0.05) is 30.7 Å². The van der Waals surface area contributed by atoms with Crippen LogP contribution in [0.4, 0.5) is 0 Å². The Labute approximate surface area is 167 Å². The summed E-state index contributed by atoms with van der Waals surface area (Å²) < 4.78 is 0. The maximum Gasteiger partial charge on any atom is 0.0110 e. The molecule has 0 aromatic heterocycles. The van der Waals surface area contributed by atoms with Gasteiger partial charge in [0.25, 0.3) is 0 Å². The topological polar surface area (TPSA) is 15.3 Å². The summed E-state index contributed by atoms with van der Waals surface area (Å²) in [5.41, 5.74) is 3.11. The van der Waals surface area contributed by atoms with Crippen molar-refractivity contribution >= 4 is 0 Å². The molecule has 0 amide bonds. The fraction of sp³-hybridized carbons (Fsp3) is 0.680. The summed E-state index contributed by atoms with van der Waals surface area (Å²) >= 11 is 0. The van der Waals surface area contributed by atoms with Crippen LogP contribution >= 0.6 is 0 Å². The molecule has 1 aliphatic heterocycles. The molecular weight excluding hydrogens is 328 g/mol. The van der Waals surface area contributed by atoms with Gasteiger partial charge in [-0.15, -0.1) is 0 Å². The lowest BCUT2D eigenvalue weighted by Gasteiger charge is -2.41. The summed E-state index contributed by atoms with van der Waals surface area (Å²) in [6.45, 7) is 11.8. The largest absolute Gasteiger partial charge is 0.391 e. The van der Waals surface area contributed by atoms with E-state index in [0.717, 1.165) is 17.9 Å². The van der Waals surface area contributed by atoms with Crippen LogP contribution in [0, 0.1) is 17.3 Å². The lowest BCUT2D eigenvalue weighted by molar-refractivity contribution is 0.0819. The van der Waals surface area contributed by atoms with Crippen LogP contribution in [0.3, 0.4) is 0 Å². The molecule has 2 heteroatoms. The molecule has 0 bridgehead atoms. The van der Waals surface area contributed by atoms with Gasteiger partial charge in [-0.1, -0.05) is 57.2 Å². The highest BCUT2D eigenvalue weighted by molar-refractivity contribution is 5.15. The van der Waals surface area contributed by atoms with Crippen LogP contribution in [0.2, 0.25) is 0 Å². The zero-order chi connectivity index (χ0) is 19.3. The van der Waals surface area contributed by atoms with E-state index in [0.29, 0.717) is 5.41 Å². The second-order valence-electron chi connectivity index (χ2n) is 9.20. The highest BCUT2D eigenvalue weighted by Crippen LogP contribution is 2.48. The van der Waals surface area contributed by atoms with Gasteiger partial charge in [0.2, 0.25) is 0 Å². The standard InChI is InChI=1S/C25H40N2/c1-5-15-25(21(3)26-4)16-13-24(18-25)27-17-14-23(20(2)19-27)12-11-22-9-7-6-8-10-22/h6-10,20,23-24,26H,3,5,11-19H2,1-2,4H3/t20?,23-,24?,25?/m1/s1. The van der Waals surface area contributed by atoms with E-state index in [4.69, 9.17) is 0 Å². The Morgan fingerprint density at radius 2 is 2.04 bits per heavy atom. The van der Waals surface area contributed by atoms with Crippen LogP contribution in [0.5, 0.6) is 0 Å². The molecule has 2 fully saturated rings. The molecule has 1 aromatic rings. The third-order valence-corrected chi connectivity index (χ3v) is 7.53. The summed E-state index contributed by atoms with van der Waals surface area (Å²) in [6.07, 6.45) is 10.5. The molecule has 0 radical (unpaired) electrons. The SMILES string of the molecule is C=C(NC)C1(CCC)CCC(N2CC[C@@H](CCc3ccccc3)C(C)C2)C1. The van der Waals surface area contributed by atoms with Gasteiger partial charge in [-0.25, -0.2) is 0 Å². The molecule has 27 heavy (non-hydrogen) atoms. The van der Waals surface area contributed by atoms with E-state index < -0.39 is 0 Å². The maximum absolute atomic E-state index is 4.38. The van der Waals surface area contributed by atoms with Crippen molar-refractivity contribution in [3.05, 3.63) is 48.2 Å². The summed E-state index contributed by atoms with van der Waals surface area (Å²) in [5.74, 6) is 1.70. The summed E-state index contributed by atoms with van der Waals surface area (Å²) in [4.78, 5) is 2.82. The molecule has 1 aromatic carbocycles. The van der Waals surface area contributed by atoms with E-state index in [1.54, 1.807) is 0 Å². The van der Waals surface area contributed by atoms with Crippen LogP contribution in [0.25, 0.3) is 0 Å². The molecular formula is C25H40N2. The number of piperidine rings is 1. The first kappa shape index (κ1) is 20.5. The smallest absolute Gasteiger partial charge is 0.0110 e. The molecule has 1 heterocycles. The van der Waals surface area contributed by atoms with Crippen LogP contribution in [-0.4, -0.2) is 31.1 Å². The first-order chi connectivity index (χ1) is 13.1. The van der Waals surface area contributed by atoms with Crippen molar-refractivity contribution in [2.24, 2.45) is 17.3 Å². The molecule has 1 aliphatic carbocycles. The van der Waals surface area contributed by atoms with Crippen LogP contribution in [-0.2, 0) is 6.42 Å². The number of rotatable bonds is 8. The number of nitrogens with one attached hydrogen (secondary N) is 1. The van der Waals surface area contributed by atoms with E-state index in [2.05, 4.69) is 61.0 Å². The average Bonchev–Trinajstić information content (AvgIpc) is 3.13. The maximum atomic E-state index is 4.38. The third-order valence-electron chi connectivity index (χ3n) is 7.53. The first-order valence-corrected chi connectivity index (χ1v) is 11.2. The zero-order valence-electron chi connectivity index (χ0n) is 17.8.